The molecule has 2 atom stereocenters. The van der Waals surface area contributed by atoms with Crippen LogP contribution in [0.5, 0.6) is 0 Å². The van der Waals surface area contributed by atoms with Crippen LogP contribution in [0.3, 0.4) is 0 Å². The highest BCUT2D eigenvalue weighted by Gasteiger charge is 2.37. The molecule has 1 saturated heterocycles. The number of thiocarbonyl (C=S) groups is 1. The normalized spacial score (nSPS) is 28.5. The van der Waals surface area contributed by atoms with Gasteiger partial charge in [-0.15, -0.1) is 0 Å². The van der Waals surface area contributed by atoms with Crippen LogP contribution in [-0.2, 0) is 9.53 Å². The van der Waals surface area contributed by atoms with Crippen molar-refractivity contribution < 1.29 is 9.53 Å². The lowest BCUT2D eigenvalue weighted by atomic mass is 10.0. The summed E-state index contributed by atoms with van der Waals surface area (Å²) in [6.07, 6.45) is 5.17. The van der Waals surface area contributed by atoms with E-state index in [1.54, 1.807) is 0 Å². The number of ether oxygens (including phenoxy) is 1. The fourth-order valence-electron chi connectivity index (χ4n) is 2.95. The molecule has 2 rings (SSSR count). The molecule has 0 aromatic rings. The zero-order valence-corrected chi connectivity index (χ0v) is 11.7. The van der Waals surface area contributed by atoms with Crippen LogP contribution < -0.4 is 5.73 Å². The number of nitrogens with two attached hydrogens (primary N) is 1. The molecular weight excluding hydrogens is 248 g/mol. The molecule has 1 saturated carbocycles. The van der Waals surface area contributed by atoms with Crippen LogP contribution in [-0.4, -0.2) is 41.1 Å². The summed E-state index contributed by atoms with van der Waals surface area (Å²) in [4.78, 5) is 14.8. The lowest BCUT2D eigenvalue weighted by Crippen LogP contribution is -2.49. The number of hydrogen-bond acceptors (Lipinski definition) is 3. The first-order valence-corrected chi connectivity index (χ1v) is 7.21. The van der Waals surface area contributed by atoms with E-state index in [9.17, 15) is 4.79 Å². The van der Waals surface area contributed by atoms with Crippen molar-refractivity contribution in [2.24, 2.45) is 11.7 Å². The minimum atomic E-state index is -0.292. The highest BCUT2D eigenvalue weighted by atomic mass is 32.1. The molecule has 2 fully saturated rings. The van der Waals surface area contributed by atoms with Gasteiger partial charge >= 0.3 is 0 Å². The van der Waals surface area contributed by atoms with Crippen LogP contribution in [0.4, 0.5) is 0 Å². The Bertz CT molecular complexity index is 329. The lowest BCUT2D eigenvalue weighted by molar-refractivity contribution is -0.143. The molecule has 1 amide bonds. The summed E-state index contributed by atoms with van der Waals surface area (Å²) < 4.78 is 5.57. The molecule has 1 aliphatic carbocycles. The van der Waals surface area contributed by atoms with Gasteiger partial charge in [-0.25, -0.2) is 0 Å². The van der Waals surface area contributed by atoms with Gasteiger partial charge in [0.25, 0.3) is 5.91 Å². The Morgan fingerprint density at radius 1 is 1.39 bits per heavy atom. The Balaban J connectivity index is 2.06. The predicted molar refractivity (Wildman–Crippen MR) is 74.3 cm³/mol. The van der Waals surface area contributed by atoms with Crippen molar-refractivity contribution in [2.75, 3.05) is 13.2 Å². The van der Waals surface area contributed by atoms with Gasteiger partial charge in [0.05, 0.1) is 11.5 Å². The summed E-state index contributed by atoms with van der Waals surface area (Å²) in [5, 5.41) is 0. The Morgan fingerprint density at radius 2 is 2.06 bits per heavy atom. The molecular formula is C13H22N2O2S. The van der Waals surface area contributed by atoms with E-state index in [1.165, 1.54) is 12.8 Å². The van der Waals surface area contributed by atoms with Gasteiger partial charge in [-0.05, 0) is 25.2 Å². The fraction of sp³-hybridized carbons (Fsp3) is 0.846. The third-order valence-corrected chi connectivity index (χ3v) is 4.13. The Kier molecular flexibility index (Phi) is 4.56. The molecule has 1 heterocycles. The Hall–Kier alpha value is -0.680. The topological polar surface area (TPSA) is 55.6 Å². The van der Waals surface area contributed by atoms with E-state index >= 15 is 0 Å². The van der Waals surface area contributed by atoms with Crippen molar-refractivity contribution in [3.63, 3.8) is 0 Å². The van der Waals surface area contributed by atoms with Gasteiger partial charge in [0.2, 0.25) is 0 Å². The average molecular weight is 270 g/mol. The number of carbonyl (C=O) groups is 1. The van der Waals surface area contributed by atoms with Crippen molar-refractivity contribution in [3.8, 4) is 0 Å². The predicted octanol–water partition coefficient (Wildman–Crippen LogP) is 1.47. The summed E-state index contributed by atoms with van der Waals surface area (Å²) >= 11 is 4.97. The second kappa shape index (κ2) is 5.97. The van der Waals surface area contributed by atoms with E-state index in [-0.39, 0.29) is 12.0 Å². The van der Waals surface area contributed by atoms with Crippen LogP contribution >= 0.6 is 12.2 Å². The van der Waals surface area contributed by atoms with Gasteiger partial charge in [0, 0.05) is 12.6 Å². The van der Waals surface area contributed by atoms with Gasteiger partial charge < -0.3 is 15.4 Å². The van der Waals surface area contributed by atoms with Crippen molar-refractivity contribution in [3.05, 3.63) is 0 Å². The third kappa shape index (κ3) is 3.01. The molecule has 0 radical (unpaired) electrons. The maximum atomic E-state index is 12.6. The van der Waals surface area contributed by atoms with Crippen molar-refractivity contribution in [1.29, 1.82) is 0 Å². The van der Waals surface area contributed by atoms with Gasteiger partial charge in [-0.1, -0.05) is 32.0 Å². The van der Waals surface area contributed by atoms with E-state index in [4.69, 9.17) is 22.7 Å². The molecule has 2 unspecified atom stereocenters. The molecule has 102 valence electrons. The monoisotopic (exact) mass is 270 g/mol. The number of hydrogen-bond donors (Lipinski definition) is 1. The van der Waals surface area contributed by atoms with Crippen LogP contribution in [0.25, 0.3) is 0 Å². The van der Waals surface area contributed by atoms with E-state index in [1.807, 2.05) is 4.90 Å². The number of rotatable bonds is 4. The fourth-order valence-corrected chi connectivity index (χ4v) is 3.08. The Labute approximate surface area is 114 Å². The molecule has 0 aromatic heterocycles. The molecule has 5 heteroatoms. The van der Waals surface area contributed by atoms with Crippen molar-refractivity contribution in [1.82, 2.24) is 4.90 Å². The number of carbonyl (C=O) groups excluding carboxylic acids is 1. The standard InChI is InChI=1S/C13H22N2O2S/c1-9-6-7-17-12(9)13(16)15(8-11(14)18)10-4-2-3-5-10/h9-10,12H,2-8H2,1H3,(H2,14,18). The lowest BCUT2D eigenvalue weighted by Gasteiger charge is -2.31. The van der Waals surface area contributed by atoms with E-state index in [0.717, 1.165) is 19.3 Å². The van der Waals surface area contributed by atoms with E-state index in [0.29, 0.717) is 30.1 Å². The minimum absolute atomic E-state index is 0.0831. The Morgan fingerprint density at radius 3 is 2.56 bits per heavy atom. The molecule has 0 spiro atoms. The molecule has 1 aliphatic heterocycles. The zero-order chi connectivity index (χ0) is 13.1. The molecule has 2 aliphatic rings. The number of amides is 1. The summed E-state index contributed by atoms with van der Waals surface area (Å²) in [5.41, 5.74) is 5.63. The molecule has 0 bridgehead atoms. The van der Waals surface area contributed by atoms with Crippen LogP contribution in [0.15, 0.2) is 0 Å². The summed E-state index contributed by atoms with van der Waals surface area (Å²) in [7, 11) is 0. The molecule has 2 N–H and O–H groups in total. The summed E-state index contributed by atoms with van der Waals surface area (Å²) in [5.74, 6) is 0.382. The largest absolute Gasteiger partial charge is 0.392 e. The van der Waals surface area contributed by atoms with Crippen LogP contribution in [0.2, 0.25) is 0 Å². The van der Waals surface area contributed by atoms with Gasteiger partial charge in [0.1, 0.15) is 6.10 Å². The maximum absolute atomic E-state index is 12.6. The van der Waals surface area contributed by atoms with Crippen molar-refractivity contribution >= 4 is 23.1 Å². The zero-order valence-electron chi connectivity index (χ0n) is 10.9. The summed E-state index contributed by atoms with van der Waals surface area (Å²) in [6, 6.07) is 0.301. The second-order valence-electron chi connectivity index (χ2n) is 5.43. The SMILES string of the molecule is CC1CCOC1C(=O)N(CC(N)=S)C1CCCC1. The van der Waals surface area contributed by atoms with Crippen molar-refractivity contribution in [2.45, 2.75) is 51.2 Å². The molecule has 18 heavy (non-hydrogen) atoms. The highest BCUT2D eigenvalue weighted by molar-refractivity contribution is 7.80. The minimum Gasteiger partial charge on any atom is -0.392 e. The van der Waals surface area contributed by atoms with Gasteiger partial charge in [-0.2, -0.15) is 0 Å². The maximum Gasteiger partial charge on any atom is 0.252 e. The average Bonchev–Trinajstić information content (AvgIpc) is 2.95. The van der Waals surface area contributed by atoms with Gasteiger partial charge in [-0.3, -0.25) is 4.79 Å². The van der Waals surface area contributed by atoms with Crippen LogP contribution in [0, 0.1) is 5.92 Å². The van der Waals surface area contributed by atoms with E-state index < -0.39 is 0 Å². The molecule has 4 nitrogen and oxygen atoms in total. The second-order valence-corrected chi connectivity index (χ2v) is 5.95. The third-order valence-electron chi connectivity index (χ3n) is 4.01. The quantitative estimate of drug-likeness (QED) is 0.786. The smallest absolute Gasteiger partial charge is 0.252 e. The first-order chi connectivity index (χ1) is 8.59. The highest BCUT2D eigenvalue weighted by Crippen LogP contribution is 2.27. The molecule has 0 aromatic carbocycles. The van der Waals surface area contributed by atoms with E-state index in [2.05, 4.69) is 6.92 Å². The first-order valence-electron chi connectivity index (χ1n) is 6.80. The van der Waals surface area contributed by atoms with Crippen LogP contribution in [0.1, 0.15) is 39.0 Å². The summed E-state index contributed by atoms with van der Waals surface area (Å²) in [6.45, 7) is 3.15. The van der Waals surface area contributed by atoms with Gasteiger partial charge in [0.15, 0.2) is 0 Å². The number of nitrogens with zero attached hydrogens (tertiary/aromatic N) is 1. The first kappa shape index (κ1) is 13.7.